The van der Waals surface area contributed by atoms with Gasteiger partial charge in [-0.3, -0.25) is 0 Å². The van der Waals surface area contributed by atoms with Crippen LogP contribution < -0.4 is 5.32 Å². The molecule has 2 unspecified atom stereocenters. The fourth-order valence-corrected chi connectivity index (χ4v) is 3.72. The molecule has 0 aromatic heterocycles. The molecule has 1 saturated heterocycles. The van der Waals surface area contributed by atoms with Gasteiger partial charge in [-0.1, -0.05) is 12.1 Å². The summed E-state index contributed by atoms with van der Waals surface area (Å²) in [5.74, 6) is -0.250. The largest absolute Gasteiger partial charge is 0.309 e. The first kappa shape index (κ1) is 13.5. The summed E-state index contributed by atoms with van der Waals surface area (Å²) in [4.78, 5) is 0. The summed E-state index contributed by atoms with van der Waals surface area (Å²) in [6.07, 6.45) is 0.604. The number of nitrogens with one attached hydrogen (secondary N) is 1. The second kappa shape index (κ2) is 4.97. The van der Waals surface area contributed by atoms with E-state index in [0.29, 0.717) is 24.1 Å². The van der Waals surface area contributed by atoms with Gasteiger partial charge in [0.1, 0.15) is 5.82 Å². The highest BCUT2D eigenvalue weighted by Crippen LogP contribution is 2.23. The van der Waals surface area contributed by atoms with Crippen molar-refractivity contribution in [3.05, 3.63) is 35.1 Å². The molecule has 0 spiro atoms. The zero-order valence-corrected chi connectivity index (χ0v) is 11.4. The molecule has 100 valence electrons. The van der Waals surface area contributed by atoms with Crippen LogP contribution in [-0.4, -0.2) is 26.0 Å². The van der Waals surface area contributed by atoms with Crippen molar-refractivity contribution in [1.82, 2.24) is 5.32 Å². The predicted molar refractivity (Wildman–Crippen MR) is 69.7 cm³/mol. The van der Waals surface area contributed by atoms with Gasteiger partial charge in [0.05, 0.1) is 11.0 Å². The third kappa shape index (κ3) is 2.72. The summed E-state index contributed by atoms with van der Waals surface area (Å²) in [7, 11) is -3.10. The van der Waals surface area contributed by atoms with Gasteiger partial charge in [-0.15, -0.1) is 0 Å². The van der Waals surface area contributed by atoms with Gasteiger partial charge in [-0.2, -0.15) is 0 Å². The van der Waals surface area contributed by atoms with Crippen LogP contribution >= 0.6 is 0 Å². The molecule has 0 aliphatic carbocycles. The third-order valence-corrected chi connectivity index (χ3v) is 5.81. The smallest absolute Gasteiger partial charge is 0.154 e. The lowest BCUT2D eigenvalue weighted by atomic mass is 10.1. The van der Waals surface area contributed by atoms with E-state index in [4.69, 9.17) is 0 Å². The Morgan fingerprint density at radius 1 is 1.39 bits per heavy atom. The summed E-state index contributed by atoms with van der Waals surface area (Å²) >= 11 is 0. The van der Waals surface area contributed by atoms with E-state index in [1.807, 2.05) is 0 Å². The minimum absolute atomic E-state index is 0.0384. The monoisotopic (exact) mass is 271 g/mol. The second-order valence-corrected chi connectivity index (χ2v) is 7.41. The van der Waals surface area contributed by atoms with Crippen molar-refractivity contribution < 1.29 is 12.8 Å². The average Bonchev–Trinajstić information content (AvgIpc) is 2.43. The van der Waals surface area contributed by atoms with Crippen molar-refractivity contribution in [2.75, 3.05) is 12.3 Å². The highest BCUT2D eigenvalue weighted by atomic mass is 32.2. The Bertz CT molecular complexity index is 542. The van der Waals surface area contributed by atoms with Crippen molar-refractivity contribution in [2.24, 2.45) is 0 Å². The van der Waals surface area contributed by atoms with E-state index in [1.165, 1.54) is 6.07 Å². The van der Waals surface area contributed by atoms with E-state index >= 15 is 0 Å². The summed E-state index contributed by atoms with van der Waals surface area (Å²) in [6, 6.07) is 4.60. The van der Waals surface area contributed by atoms with Crippen LogP contribution in [0.4, 0.5) is 4.39 Å². The minimum Gasteiger partial charge on any atom is -0.309 e. The highest BCUT2D eigenvalue weighted by Gasteiger charge is 2.29. The first-order chi connectivity index (χ1) is 8.40. The van der Waals surface area contributed by atoms with Crippen LogP contribution in [0.5, 0.6) is 0 Å². The van der Waals surface area contributed by atoms with Crippen molar-refractivity contribution in [2.45, 2.75) is 31.6 Å². The number of sulfone groups is 1. The molecule has 1 heterocycles. The SMILES string of the molecule is Cc1ccc(C2CS(=O)(=O)C(C)CCN2)cc1F. The van der Waals surface area contributed by atoms with Gasteiger partial charge in [0, 0.05) is 6.04 Å². The molecule has 1 aliphatic heterocycles. The van der Waals surface area contributed by atoms with Gasteiger partial charge in [0.25, 0.3) is 0 Å². The minimum atomic E-state index is -3.10. The summed E-state index contributed by atoms with van der Waals surface area (Å²) < 4.78 is 37.5. The molecule has 0 radical (unpaired) electrons. The fraction of sp³-hybridized carbons (Fsp3) is 0.538. The zero-order chi connectivity index (χ0) is 13.3. The van der Waals surface area contributed by atoms with E-state index in [-0.39, 0.29) is 22.9 Å². The lowest BCUT2D eigenvalue weighted by Crippen LogP contribution is -2.26. The first-order valence-corrected chi connectivity index (χ1v) is 7.82. The molecule has 3 nitrogen and oxygen atoms in total. The Labute approximate surface area is 107 Å². The molecule has 18 heavy (non-hydrogen) atoms. The standard InChI is InChI=1S/C13H18FNO2S/c1-9-3-4-11(7-12(9)14)13-8-18(16,17)10(2)5-6-15-13/h3-4,7,10,13,15H,5-6,8H2,1-2H3. The highest BCUT2D eigenvalue weighted by molar-refractivity contribution is 7.92. The molecule has 2 atom stereocenters. The van der Waals surface area contributed by atoms with Crippen LogP contribution in [0.3, 0.4) is 0 Å². The Hall–Kier alpha value is -0.940. The topological polar surface area (TPSA) is 46.2 Å². The van der Waals surface area contributed by atoms with Gasteiger partial charge in [0.2, 0.25) is 0 Å². The molecule has 2 rings (SSSR count). The number of aryl methyl sites for hydroxylation is 1. The maximum Gasteiger partial charge on any atom is 0.154 e. The second-order valence-electron chi connectivity index (χ2n) is 4.94. The maximum atomic E-state index is 13.5. The van der Waals surface area contributed by atoms with Gasteiger partial charge >= 0.3 is 0 Å². The Morgan fingerprint density at radius 2 is 2.11 bits per heavy atom. The lowest BCUT2D eigenvalue weighted by molar-refractivity contribution is 0.563. The van der Waals surface area contributed by atoms with Gasteiger partial charge in [-0.05, 0) is 44.0 Å². The summed E-state index contributed by atoms with van der Waals surface area (Å²) in [5.41, 5.74) is 1.28. The van der Waals surface area contributed by atoms with E-state index in [0.717, 1.165) is 0 Å². The van der Waals surface area contributed by atoms with Gasteiger partial charge in [0.15, 0.2) is 9.84 Å². The van der Waals surface area contributed by atoms with Gasteiger partial charge in [-0.25, -0.2) is 12.8 Å². The molecule has 1 aromatic rings. The molecule has 1 aliphatic rings. The Kier molecular flexibility index (Phi) is 3.73. The van der Waals surface area contributed by atoms with E-state index in [9.17, 15) is 12.8 Å². The van der Waals surface area contributed by atoms with Crippen molar-refractivity contribution in [3.63, 3.8) is 0 Å². The summed E-state index contributed by atoms with van der Waals surface area (Å²) in [6.45, 7) is 4.06. The Balaban J connectivity index is 2.30. The van der Waals surface area contributed by atoms with E-state index in [2.05, 4.69) is 5.32 Å². The normalized spacial score (nSPS) is 27.7. The van der Waals surface area contributed by atoms with Gasteiger partial charge < -0.3 is 5.32 Å². The first-order valence-electron chi connectivity index (χ1n) is 6.11. The number of benzene rings is 1. The summed E-state index contributed by atoms with van der Waals surface area (Å²) in [5, 5.41) is 2.86. The van der Waals surface area contributed by atoms with Crippen molar-refractivity contribution >= 4 is 9.84 Å². The molecule has 0 bridgehead atoms. The van der Waals surface area contributed by atoms with Crippen LogP contribution in [0.1, 0.15) is 30.5 Å². The van der Waals surface area contributed by atoms with Crippen LogP contribution in [-0.2, 0) is 9.84 Å². The quantitative estimate of drug-likeness (QED) is 0.849. The molecule has 5 heteroatoms. The zero-order valence-electron chi connectivity index (χ0n) is 10.6. The van der Waals surface area contributed by atoms with Crippen LogP contribution in [0.2, 0.25) is 0 Å². The molecular weight excluding hydrogens is 253 g/mol. The molecule has 0 amide bonds. The number of hydrogen-bond acceptors (Lipinski definition) is 3. The molecule has 1 aromatic carbocycles. The molecule has 1 fully saturated rings. The molecule has 1 N–H and O–H groups in total. The Morgan fingerprint density at radius 3 is 2.78 bits per heavy atom. The third-order valence-electron chi connectivity index (χ3n) is 3.55. The number of hydrogen-bond donors (Lipinski definition) is 1. The van der Waals surface area contributed by atoms with Crippen LogP contribution in [0.15, 0.2) is 18.2 Å². The van der Waals surface area contributed by atoms with Crippen molar-refractivity contribution in [1.29, 1.82) is 0 Å². The lowest BCUT2D eigenvalue weighted by Gasteiger charge is -2.16. The predicted octanol–water partition coefficient (Wildman–Crippen LogP) is 1.97. The number of halogens is 1. The number of rotatable bonds is 1. The van der Waals surface area contributed by atoms with Crippen LogP contribution in [0.25, 0.3) is 0 Å². The van der Waals surface area contributed by atoms with E-state index in [1.54, 1.807) is 26.0 Å². The molecular formula is C13H18FNO2S. The van der Waals surface area contributed by atoms with Crippen molar-refractivity contribution in [3.8, 4) is 0 Å². The average molecular weight is 271 g/mol. The van der Waals surface area contributed by atoms with Crippen LogP contribution in [0, 0.1) is 12.7 Å². The maximum absolute atomic E-state index is 13.5. The molecule has 0 saturated carbocycles. The fourth-order valence-electron chi connectivity index (χ4n) is 2.14. The van der Waals surface area contributed by atoms with E-state index < -0.39 is 9.84 Å².